The van der Waals surface area contributed by atoms with Crippen LogP contribution in [0.3, 0.4) is 0 Å². The Hall–Kier alpha value is -5.71. The number of carbonyl (C=O) groups excluding carboxylic acids is 2. The molecule has 258 valence electrons. The van der Waals surface area contributed by atoms with Crippen molar-refractivity contribution in [1.82, 2.24) is 5.32 Å². The lowest BCUT2D eigenvalue weighted by Crippen LogP contribution is -2.43. The van der Waals surface area contributed by atoms with Crippen molar-refractivity contribution in [3.8, 4) is 0 Å². The van der Waals surface area contributed by atoms with E-state index in [-0.39, 0.29) is 45.3 Å². The summed E-state index contributed by atoms with van der Waals surface area (Å²) in [6, 6.07) is 36.5. The van der Waals surface area contributed by atoms with Gasteiger partial charge in [0.25, 0.3) is 0 Å². The van der Waals surface area contributed by atoms with Crippen LogP contribution in [0.2, 0.25) is 0 Å². The van der Waals surface area contributed by atoms with Gasteiger partial charge in [0, 0.05) is 4.91 Å². The van der Waals surface area contributed by atoms with E-state index in [1.807, 2.05) is 109 Å². The first-order valence-electron chi connectivity index (χ1n) is 16.0. The first-order valence-corrected chi connectivity index (χ1v) is 16.0. The van der Waals surface area contributed by atoms with Gasteiger partial charge in [-0.3, -0.25) is 5.32 Å². The summed E-state index contributed by atoms with van der Waals surface area (Å²) in [7, 11) is 0. The minimum Gasteiger partial charge on any atom is -0.457 e. The third-order valence-corrected chi connectivity index (χ3v) is 7.21. The van der Waals surface area contributed by atoms with E-state index in [1.165, 1.54) is 12.2 Å². The van der Waals surface area contributed by atoms with E-state index in [4.69, 9.17) is 23.7 Å². The van der Waals surface area contributed by atoms with Crippen molar-refractivity contribution in [3.05, 3.63) is 178 Å². The van der Waals surface area contributed by atoms with Gasteiger partial charge in [0.1, 0.15) is 25.0 Å². The molecule has 1 N–H and O–H groups in total. The fourth-order valence-electron chi connectivity index (χ4n) is 4.73. The molecule has 4 rings (SSSR count). The van der Waals surface area contributed by atoms with Crippen LogP contribution in [0.4, 0.5) is 4.79 Å². The SMILES string of the molecule is C=CCOC(=O)/C(=C/[C@@H](OCc1ccccc1)[C@H](OCc1ccccc1)[C@H](COCc1ccccc1)N=[N+]=[N-])NC(=O)OCc1ccccc1. The molecule has 0 unspecified atom stereocenters. The largest absolute Gasteiger partial charge is 0.457 e. The number of esters is 1. The molecule has 0 saturated heterocycles. The molecule has 0 fully saturated rings. The quantitative estimate of drug-likeness (QED) is 0.0254. The average molecular weight is 677 g/mol. The summed E-state index contributed by atoms with van der Waals surface area (Å²) in [6.45, 7) is 3.87. The molecule has 4 aromatic rings. The van der Waals surface area contributed by atoms with Gasteiger partial charge in [0.05, 0.1) is 38.6 Å². The first kappa shape index (κ1) is 37.1. The van der Waals surface area contributed by atoms with Crippen LogP contribution in [0.15, 0.2) is 151 Å². The van der Waals surface area contributed by atoms with Gasteiger partial charge in [-0.2, -0.15) is 0 Å². The monoisotopic (exact) mass is 676 g/mol. The van der Waals surface area contributed by atoms with Crippen LogP contribution in [0.25, 0.3) is 10.4 Å². The van der Waals surface area contributed by atoms with Crippen LogP contribution in [-0.4, -0.2) is 43.5 Å². The summed E-state index contributed by atoms with van der Waals surface area (Å²) < 4.78 is 29.6. The zero-order valence-electron chi connectivity index (χ0n) is 27.6. The second-order valence-electron chi connectivity index (χ2n) is 10.9. The van der Waals surface area contributed by atoms with Crippen LogP contribution in [0.1, 0.15) is 22.3 Å². The highest BCUT2D eigenvalue weighted by molar-refractivity contribution is 5.92. The van der Waals surface area contributed by atoms with E-state index < -0.39 is 30.3 Å². The lowest BCUT2D eigenvalue weighted by Gasteiger charge is -2.30. The van der Waals surface area contributed by atoms with E-state index in [1.54, 1.807) is 12.1 Å². The Balaban J connectivity index is 1.68. The van der Waals surface area contributed by atoms with Gasteiger partial charge in [-0.05, 0) is 33.9 Å². The highest BCUT2D eigenvalue weighted by Gasteiger charge is 2.32. The third-order valence-electron chi connectivity index (χ3n) is 7.21. The number of amides is 1. The molecule has 0 aliphatic heterocycles. The number of benzene rings is 4. The fourth-order valence-corrected chi connectivity index (χ4v) is 4.73. The van der Waals surface area contributed by atoms with E-state index in [9.17, 15) is 15.1 Å². The first-order chi connectivity index (χ1) is 24.6. The molecule has 0 radical (unpaired) electrons. The molecule has 11 nitrogen and oxygen atoms in total. The highest BCUT2D eigenvalue weighted by atomic mass is 16.6. The van der Waals surface area contributed by atoms with Crippen LogP contribution in [0.5, 0.6) is 0 Å². The normalized spacial score (nSPS) is 12.8. The molecule has 0 heterocycles. The molecule has 11 heteroatoms. The van der Waals surface area contributed by atoms with Gasteiger partial charge in [-0.1, -0.05) is 139 Å². The van der Waals surface area contributed by atoms with Crippen molar-refractivity contribution in [2.24, 2.45) is 5.11 Å². The maximum atomic E-state index is 13.3. The predicted molar refractivity (Wildman–Crippen MR) is 188 cm³/mol. The summed E-state index contributed by atoms with van der Waals surface area (Å²) >= 11 is 0. The molecule has 0 aliphatic carbocycles. The number of rotatable bonds is 20. The summed E-state index contributed by atoms with van der Waals surface area (Å²) in [5.41, 5.74) is 12.8. The molecule has 3 atom stereocenters. The maximum absolute atomic E-state index is 13.3. The Labute approximate surface area is 291 Å². The van der Waals surface area contributed by atoms with Crippen molar-refractivity contribution >= 4 is 12.1 Å². The van der Waals surface area contributed by atoms with Gasteiger partial charge in [0.15, 0.2) is 0 Å². The van der Waals surface area contributed by atoms with Crippen molar-refractivity contribution < 1.29 is 33.3 Å². The number of ether oxygens (including phenoxy) is 5. The van der Waals surface area contributed by atoms with Gasteiger partial charge in [-0.15, -0.1) is 0 Å². The van der Waals surface area contributed by atoms with Gasteiger partial charge < -0.3 is 23.7 Å². The molecule has 0 aliphatic rings. The molecule has 0 aromatic heterocycles. The van der Waals surface area contributed by atoms with Gasteiger partial charge in [-0.25, -0.2) is 9.59 Å². The average Bonchev–Trinajstić information content (AvgIpc) is 3.16. The molecule has 4 aromatic carbocycles. The zero-order valence-corrected chi connectivity index (χ0v) is 27.6. The lowest BCUT2D eigenvalue weighted by molar-refractivity contribution is -0.138. The van der Waals surface area contributed by atoms with E-state index in [0.29, 0.717) is 0 Å². The number of alkyl carbamates (subject to hydrolysis) is 1. The van der Waals surface area contributed by atoms with Crippen molar-refractivity contribution in [2.75, 3.05) is 13.2 Å². The fraction of sp³-hybridized carbons (Fsp3) is 0.231. The standard InChI is InChI=1S/C39H40N4O7/c1-2-23-47-38(44)34(41-39(45)50-28-33-21-13-6-14-22-33)24-36(48-26-31-17-9-4-10-18-31)37(49-27-32-19-11-5-12-20-32)35(42-43-40)29-46-25-30-15-7-3-8-16-30/h2-22,24,35-37H,1,23,25-29H2,(H,41,45)/b34-24-/t35-,36+,37+/m0/s1. The summed E-state index contributed by atoms with van der Waals surface area (Å²) in [5.74, 6) is -0.864. The Morgan fingerprint density at radius 2 is 1.22 bits per heavy atom. The van der Waals surface area contributed by atoms with Gasteiger partial charge in [0.2, 0.25) is 0 Å². The number of hydrogen-bond donors (Lipinski definition) is 1. The minimum absolute atomic E-state index is 0.0316. The topological polar surface area (TPSA) is 141 Å². The lowest BCUT2D eigenvalue weighted by atomic mass is 10.0. The number of azide groups is 1. The molecule has 1 amide bonds. The number of nitrogens with zero attached hydrogens (tertiary/aromatic N) is 3. The third kappa shape index (κ3) is 13.1. The van der Waals surface area contributed by atoms with Crippen LogP contribution in [0, 0.1) is 0 Å². The Kier molecular flexibility index (Phi) is 15.8. The van der Waals surface area contributed by atoms with Crippen LogP contribution in [-0.2, 0) is 54.9 Å². The molecule has 0 bridgehead atoms. The molecule has 50 heavy (non-hydrogen) atoms. The predicted octanol–water partition coefficient (Wildman–Crippen LogP) is 7.59. The van der Waals surface area contributed by atoms with Crippen molar-refractivity contribution in [2.45, 2.75) is 44.7 Å². The van der Waals surface area contributed by atoms with Crippen molar-refractivity contribution in [1.29, 1.82) is 0 Å². The highest BCUT2D eigenvalue weighted by Crippen LogP contribution is 2.21. The van der Waals surface area contributed by atoms with Crippen LogP contribution < -0.4 is 5.32 Å². The van der Waals surface area contributed by atoms with Crippen molar-refractivity contribution in [3.63, 3.8) is 0 Å². The number of nitrogens with one attached hydrogen (secondary N) is 1. The second-order valence-corrected chi connectivity index (χ2v) is 10.9. The van der Waals surface area contributed by atoms with E-state index >= 15 is 0 Å². The van der Waals surface area contributed by atoms with E-state index in [0.717, 1.165) is 22.3 Å². The summed E-state index contributed by atoms with van der Waals surface area (Å²) in [6.07, 6.45) is -0.187. The second kappa shape index (κ2) is 21.3. The molecule has 0 saturated carbocycles. The smallest absolute Gasteiger partial charge is 0.412 e. The zero-order chi connectivity index (χ0) is 35.2. The minimum atomic E-state index is -1.07. The van der Waals surface area contributed by atoms with E-state index in [2.05, 4.69) is 21.9 Å². The maximum Gasteiger partial charge on any atom is 0.412 e. The number of hydrogen-bond acceptors (Lipinski definition) is 8. The molecular weight excluding hydrogens is 636 g/mol. The van der Waals surface area contributed by atoms with Crippen LogP contribution >= 0.6 is 0 Å². The Morgan fingerprint density at radius 3 is 1.74 bits per heavy atom. The Bertz CT molecular complexity index is 1680. The Morgan fingerprint density at radius 1 is 0.720 bits per heavy atom. The summed E-state index contributed by atoms with van der Waals surface area (Å²) in [4.78, 5) is 29.4. The van der Waals surface area contributed by atoms with Gasteiger partial charge >= 0.3 is 12.1 Å². The number of carbonyl (C=O) groups is 2. The molecule has 0 spiro atoms. The summed E-state index contributed by atoms with van der Waals surface area (Å²) in [5, 5.41) is 6.56. The molecular formula is C39H40N4O7.